The summed E-state index contributed by atoms with van der Waals surface area (Å²) in [6.07, 6.45) is -4.48. The topological polar surface area (TPSA) is 57.8 Å². The molecule has 0 radical (unpaired) electrons. The van der Waals surface area contributed by atoms with Crippen molar-refractivity contribution in [2.24, 2.45) is 0 Å². The zero-order chi connectivity index (χ0) is 15.8. The first-order chi connectivity index (χ1) is 9.70. The average molecular weight is 318 g/mol. The van der Waals surface area contributed by atoms with E-state index in [9.17, 15) is 18.0 Å². The fraction of sp³-hybridized carbons (Fsp3) is 0.231. The summed E-state index contributed by atoms with van der Waals surface area (Å²) >= 11 is 5.78. The molecule has 112 valence electrons. The Bertz CT molecular complexity index is 675. The summed E-state index contributed by atoms with van der Waals surface area (Å²) in [6.45, 7) is 3.32. The van der Waals surface area contributed by atoms with Crippen molar-refractivity contribution in [1.29, 1.82) is 0 Å². The van der Waals surface area contributed by atoms with Crippen molar-refractivity contribution in [2.45, 2.75) is 20.0 Å². The Morgan fingerprint density at radius 2 is 2.00 bits per heavy atom. The molecule has 2 aromatic rings. The van der Waals surface area contributed by atoms with Crippen molar-refractivity contribution in [3.05, 3.63) is 45.7 Å². The number of carbonyl (C=O) groups is 1. The van der Waals surface area contributed by atoms with Crippen LogP contribution in [0.15, 0.2) is 18.2 Å². The number of alkyl halides is 3. The van der Waals surface area contributed by atoms with Crippen LogP contribution in [0, 0.1) is 13.8 Å². The number of hydrogen-bond acceptors (Lipinski definition) is 2. The Morgan fingerprint density at radius 3 is 2.48 bits per heavy atom. The Morgan fingerprint density at radius 1 is 1.33 bits per heavy atom. The number of anilines is 1. The summed E-state index contributed by atoms with van der Waals surface area (Å²) in [5.41, 5.74) is 0.628. The Labute approximate surface area is 123 Å². The summed E-state index contributed by atoms with van der Waals surface area (Å²) < 4.78 is 37.6. The lowest BCUT2D eigenvalue weighted by atomic mass is 10.1. The highest BCUT2D eigenvalue weighted by Crippen LogP contribution is 2.33. The molecule has 0 fully saturated rings. The van der Waals surface area contributed by atoms with E-state index in [1.165, 1.54) is 0 Å². The van der Waals surface area contributed by atoms with Crippen LogP contribution in [0.2, 0.25) is 5.02 Å². The van der Waals surface area contributed by atoms with Crippen LogP contribution in [0.3, 0.4) is 0 Å². The van der Waals surface area contributed by atoms with Gasteiger partial charge in [0.05, 0.1) is 27.5 Å². The number of aryl methyl sites for hydroxylation is 2. The molecule has 0 saturated carbocycles. The third-order valence-corrected chi connectivity index (χ3v) is 3.21. The summed E-state index contributed by atoms with van der Waals surface area (Å²) in [7, 11) is 0. The minimum atomic E-state index is -4.48. The third-order valence-electron chi connectivity index (χ3n) is 2.90. The lowest BCUT2D eigenvalue weighted by molar-refractivity contribution is -0.137. The molecule has 8 heteroatoms. The van der Waals surface area contributed by atoms with Gasteiger partial charge in [-0.1, -0.05) is 11.6 Å². The number of H-pyrrole nitrogens is 1. The van der Waals surface area contributed by atoms with Gasteiger partial charge >= 0.3 is 6.18 Å². The van der Waals surface area contributed by atoms with Crippen LogP contribution in [-0.4, -0.2) is 16.1 Å². The smallest absolute Gasteiger partial charge is 0.321 e. The number of hydrogen-bond donors (Lipinski definition) is 2. The van der Waals surface area contributed by atoms with Crippen LogP contribution in [0.25, 0.3) is 0 Å². The molecule has 0 unspecified atom stereocenters. The van der Waals surface area contributed by atoms with Gasteiger partial charge in [0.2, 0.25) is 0 Å². The van der Waals surface area contributed by atoms with Gasteiger partial charge in [0.1, 0.15) is 0 Å². The molecule has 0 saturated heterocycles. The van der Waals surface area contributed by atoms with Crippen molar-refractivity contribution < 1.29 is 18.0 Å². The van der Waals surface area contributed by atoms with E-state index >= 15 is 0 Å². The maximum atomic E-state index is 12.5. The third kappa shape index (κ3) is 3.18. The predicted molar refractivity (Wildman–Crippen MR) is 72.5 cm³/mol. The van der Waals surface area contributed by atoms with E-state index in [-0.39, 0.29) is 10.7 Å². The molecule has 0 aliphatic rings. The molecule has 2 rings (SSSR count). The second-order valence-corrected chi connectivity index (χ2v) is 4.86. The largest absolute Gasteiger partial charge is 0.416 e. The fourth-order valence-electron chi connectivity index (χ4n) is 1.86. The van der Waals surface area contributed by atoms with E-state index in [4.69, 9.17) is 11.6 Å². The molecule has 0 atom stereocenters. The van der Waals surface area contributed by atoms with E-state index in [2.05, 4.69) is 15.5 Å². The normalized spacial score (nSPS) is 11.5. The van der Waals surface area contributed by atoms with Crippen molar-refractivity contribution >= 4 is 23.2 Å². The van der Waals surface area contributed by atoms with E-state index < -0.39 is 17.6 Å². The van der Waals surface area contributed by atoms with Gasteiger partial charge in [-0.2, -0.15) is 18.3 Å². The molecular weight excluding hydrogens is 307 g/mol. The molecule has 1 aromatic heterocycles. The van der Waals surface area contributed by atoms with Gasteiger partial charge in [-0.05, 0) is 32.0 Å². The fourth-order valence-corrected chi connectivity index (χ4v) is 2.09. The van der Waals surface area contributed by atoms with Gasteiger partial charge in [-0.3, -0.25) is 9.89 Å². The second kappa shape index (κ2) is 5.40. The number of halogens is 4. The standard InChI is InChI=1S/C13H11ClF3N3O/c1-6-11(7(2)20-19-6)12(21)18-10-4-3-8(5-9(10)14)13(15,16)17/h3-5H,1-2H3,(H,18,21)(H,19,20). The first-order valence-corrected chi connectivity index (χ1v) is 6.27. The molecule has 1 amide bonds. The molecule has 2 N–H and O–H groups in total. The number of aromatic nitrogens is 2. The van der Waals surface area contributed by atoms with Gasteiger partial charge in [0.25, 0.3) is 5.91 Å². The Balaban J connectivity index is 2.27. The van der Waals surface area contributed by atoms with E-state index in [1.807, 2.05) is 0 Å². The lowest BCUT2D eigenvalue weighted by Gasteiger charge is -2.11. The van der Waals surface area contributed by atoms with Crippen LogP contribution in [0.4, 0.5) is 18.9 Å². The number of nitrogens with zero attached hydrogens (tertiary/aromatic N) is 1. The lowest BCUT2D eigenvalue weighted by Crippen LogP contribution is -2.14. The Hall–Kier alpha value is -2.02. The molecule has 0 aliphatic heterocycles. The van der Waals surface area contributed by atoms with Gasteiger partial charge < -0.3 is 5.32 Å². The van der Waals surface area contributed by atoms with Crippen LogP contribution >= 0.6 is 11.6 Å². The molecule has 21 heavy (non-hydrogen) atoms. The molecule has 0 spiro atoms. The SMILES string of the molecule is Cc1n[nH]c(C)c1C(=O)Nc1ccc(C(F)(F)F)cc1Cl. The number of aromatic amines is 1. The monoisotopic (exact) mass is 317 g/mol. The second-order valence-electron chi connectivity index (χ2n) is 4.46. The zero-order valence-electron chi connectivity index (χ0n) is 11.1. The Kier molecular flexibility index (Phi) is 3.95. The van der Waals surface area contributed by atoms with Crippen LogP contribution < -0.4 is 5.32 Å². The number of amides is 1. The van der Waals surface area contributed by atoms with Crippen molar-refractivity contribution in [2.75, 3.05) is 5.32 Å². The summed E-state index contributed by atoms with van der Waals surface area (Å²) in [5, 5.41) is 8.83. The predicted octanol–water partition coefficient (Wildman–Crippen LogP) is 3.95. The van der Waals surface area contributed by atoms with Crippen molar-refractivity contribution in [3.63, 3.8) is 0 Å². The highest BCUT2D eigenvalue weighted by atomic mass is 35.5. The van der Waals surface area contributed by atoms with E-state index in [0.29, 0.717) is 17.0 Å². The number of nitrogens with one attached hydrogen (secondary N) is 2. The van der Waals surface area contributed by atoms with Gasteiger partial charge in [0, 0.05) is 5.69 Å². The highest BCUT2D eigenvalue weighted by molar-refractivity contribution is 6.34. The van der Waals surface area contributed by atoms with Crippen LogP contribution in [0.1, 0.15) is 27.3 Å². The van der Waals surface area contributed by atoms with Gasteiger partial charge in [-0.15, -0.1) is 0 Å². The number of benzene rings is 1. The van der Waals surface area contributed by atoms with E-state index in [1.54, 1.807) is 13.8 Å². The quantitative estimate of drug-likeness (QED) is 0.881. The summed E-state index contributed by atoms with van der Waals surface area (Å²) in [6, 6.07) is 2.75. The van der Waals surface area contributed by atoms with Crippen LogP contribution in [0.5, 0.6) is 0 Å². The average Bonchev–Trinajstić information content (AvgIpc) is 2.70. The first-order valence-electron chi connectivity index (χ1n) is 5.90. The van der Waals surface area contributed by atoms with Crippen molar-refractivity contribution in [1.82, 2.24) is 10.2 Å². The first kappa shape index (κ1) is 15.4. The molecule has 1 heterocycles. The highest BCUT2D eigenvalue weighted by Gasteiger charge is 2.31. The molecule has 0 aliphatic carbocycles. The maximum Gasteiger partial charge on any atom is 0.416 e. The van der Waals surface area contributed by atoms with E-state index in [0.717, 1.165) is 18.2 Å². The minimum Gasteiger partial charge on any atom is -0.321 e. The minimum absolute atomic E-state index is 0.106. The van der Waals surface area contributed by atoms with Gasteiger partial charge in [-0.25, -0.2) is 0 Å². The van der Waals surface area contributed by atoms with Gasteiger partial charge in [0.15, 0.2) is 0 Å². The number of rotatable bonds is 2. The summed E-state index contributed by atoms with van der Waals surface area (Å²) in [5.74, 6) is -0.486. The number of carbonyl (C=O) groups excluding carboxylic acids is 1. The molecule has 4 nitrogen and oxygen atoms in total. The van der Waals surface area contributed by atoms with Crippen molar-refractivity contribution in [3.8, 4) is 0 Å². The zero-order valence-corrected chi connectivity index (χ0v) is 11.9. The molecule has 1 aromatic carbocycles. The van der Waals surface area contributed by atoms with Crippen LogP contribution in [-0.2, 0) is 6.18 Å². The maximum absolute atomic E-state index is 12.5. The molecule has 0 bridgehead atoms. The summed E-state index contributed by atoms with van der Waals surface area (Å²) in [4.78, 5) is 12.1. The molecular formula is C13H11ClF3N3O.